The monoisotopic (exact) mass is 467 g/mol. The van der Waals surface area contributed by atoms with Crippen LogP contribution in [-0.4, -0.2) is 16.6 Å². The van der Waals surface area contributed by atoms with Crippen LogP contribution < -0.4 is 15.8 Å². The van der Waals surface area contributed by atoms with E-state index < -0.39 is 0 Å². The first-order valence-corrected chi connectivity index (χ1v) is 9.66. The molecule has 0 saturated heterocycles. The fraction of sp³-hybridized carbons (Fsp3) is 0.318. The summed E-state index contributed by atoms with van der Waals surface area (Å²) < 4.78 is 5.69. The van der Waals surface area contributed by atoms with E-state index in [-0.39, 0.29) is 19.5 Å². The molecule has 28 heavy (non-hydrogen) atoms. The van der Waals surface area contributed by atoms with Crippen LogP contribution in [0, 0.1) is 6.67 Å². The van der Waals surface area contributed by atoms with Gasteiger partial charge in [0.15, 0.2) is 0 Å². The third-order valence-corrected chi connectivity index (χ3v) is 4.10. The molecule has 6 heteroatoms. The van der Waals surface area contributed by atoms with E-state index in [1.807, 2.05) is 33.8 Å². The van der Waals surface area contributed by atoms with Gasteiger partial charge in [0, 0.05) is 5.39 Å². The SMILES string of the molecule is CC.CC.N[CH-]Nc1ncnc2ccc(-c3ccc4c(c3)CCCO4)cc12.[Ru+]. The number of nitrogens with zero attached hydrogens (tertiary/aromatic N) is 2. The molecule has 4 rings (SSSR count). The van der Waals surface area contributed by atoms with Crippen molar-refractivity contribution in [1.29, 1.82) is 0 Å². The summed E-state index contributed by atoms with van der Waals surface area (Å²) in [7, 11) is 0. The third kappa shape index (κ3) is 5.49. The minimum Gasteiger partial charge on any atom is -0.506 e. The molecule has 1 aliphatic heterocycles. The van der Waals surface area contributed by atoms with Crippen LogP contribution in [0.4, 0.5) is 5.82 Å². The number of fused-ring (bicyclic) bond motifs is 2. The molecule has 1 aromatic heterocycles. The van der Waals surface area contributed by atoms with Gasteiger partial charge >= 0.3 is 19.5 Å². The van der Waals surface area contributed by atoms with Gasteiger partial charge in [0.1, 0.15) is 17.9 Å². The van der Waals surface area contributed by atoms with Gasteiger partial charge in [-0.25, -0.2) is 9.97 Å². The first-order chi connectivity index (χ1) is 13.3. The first kappa shape index (κ1) is 24.0. The zero-order chi connectivity index (χ0) is 19.6. The normalized spacial score (nSPS) is 11.5. The molecule has 0 spiro atoms. The summed E-state index contributed by atoms with van der Waals surface area (Å²) >= 11 is 0. The summed E-state index contributed by atoms with van der Waals surface area (Å²) in [6, 6.07) is 12.5. The zero-order valence-corrected chi connectivity index (χ0v) is 18.7. The molecular weight excluding hydrogens is 437 g/mol. The molecule has 5 nitrogen and oxygen atoms in total. The van der Waals surface area contributed by atoms with Gasteiger partial charge in [-0.05, 0) is 53.8 Å². The molecule has 0 unspecified atom stereocenters. The number of hydrogen-bond donors (Lipinski definition) is 2. The summed E-state index contributed by atoms with van der Waals surface area (Å²) in [6.45, 7) is 10.2. The molecule has 0 bridgehead atoms. The average Bonchev–Trinajstić information content (AvgIpc) is 2.76. The van der Waals surface area contributed by atoms with Crippen molar-refractivity contribution >= 4 is 16.7 Å². The van der Waals surface area contributed by atoms with E-state index in [1.54, 1.807) is 0 Å². The number of anilines is 1. The molecule has 3 aromatic rings. The molecule has 3 N–H and O–H groups in total. The molecule has 151 valence electrons. The molecule has 0 aliphatic carbocycles. The van der Waals surface area contributed by atoms with E-state index in [4.69, 9.17) is 10.5 Å². The van der Waals surface area contributed by atoms with Crippen molar-refractivity contribution in [3.63, 3.8) is 0 Å². The molecule has 0 fully saturated rings. The van der Waals surface area contributed by atoms with Crippen molar-refractivity contribution in [1.82, 2.24) is 9.97 Å². The number of nitrogens with two attached hydrogens (primary N) is 1. The number of nitrogens with one attached hydrogen (secondary N) is 1. The summed E-state index contributed by atoms with van der Waals surface area (Å²) in [6.07, 6.45) is 3.67. The Balaban J connectivity index is 0.000000739. The number of aromatic nitrogens is 2. The average molecular weight is 467 g/mol. The Hall–Kier alpha value is -2.04. The molecular formula is C22H29N4ORu. The summed E-state index contributed by atoms with van der Waals surface area (Å²) in [4.78, 5) is 8.55. The molecule has 2 aromatic carbocycles. The van der Waals surface area contributed by atoms with Gasteiger partial charge in [-0.15, -0.1) is 0 Å². The Morgan fingerprint density at radius 2 is 1.71 bits per heavy atom. The Bertz CT molecular complexity index is 870. The maximum Gasteiger partial charge on any atom is 1.00 e. The number of rotatable bonds is 3. The van der Waals surface area contributed by atoms with E-state index >= 15 is 0 Å². The van der Waals surface area contributed by atoms with Crippen LogP contribution in [0.1, 0.15) is 39.7 Å². The van der Waals surface area contributed by atoms with Crippen molar-refractivity contribution < 1.29 is 24.2 Å². The van der Waals surface area contributed by atoms with Gasteiger partial charge in [0.25, 0.3) is 0 Å². The van der Waals surface area contributed by atoms with Gasteiger partial charge in [-0.2, -0.15) is 6.67 Å². The van der Waals surface area contributed by atoms with E-state index in [0.29, 0.717) is 5.82 Å². The van der Waals surface area contributed by atoms with Crippen LogP contribution >= 0.6 is 0 Å². The van der Waals surface area contributed by atoms with Crippen LogP contribution in [0.5, 0.6) is 5.75 Å². The summed E-state index contributed by atoms with van der Waals surface area (Å²) in [5.41, 5.74) is 9.92. The Kier molecular flexibility index (Phi) is 10.7. The number of hydrogen-bond acceptors (Lipinski definition) is 5. The van der Waals surface area contributed by atoms with Crippen LogP contribution in [0.3, 0.4) is 0 Å². The van der Waals surface area contributed by atoms with Gasteiger partial charge < -0.3 is 15.8 Å². The van der Waals surface area contributed by atoms with E-state index in [0.717, 1.165) is 41.7 Å². The molecule has 1 radical (unpaired) electrons. The van der Waals surface area contributed by atoms with Crippen molar-refractivity contribution in [2.45, 2.75) is 40.5 Å². The molecule has 0 amide bonds. The van der Waals surface area contributed by atoms with Crippen LogP contribution in [0.25, 0.3) is 22.0 Å². The molecule has 0 saturated carbocycles. The Morgan fingerprint density at radius 1 is 1.00 bits per heavy atom. The molecule has 1 aliphatic rings. The second-order valence-electron chi connectivity index (χ2n) is 5.54. The predicted molar refractivity (Wildman–Crippen MR) is 114 cm³/mol. The largest absolute Gasteiger partial charge is 1.00 e. The smallest absolute Gasteiger partial charge is 0.506 e. The third-order valence-electron chi connectivity index (χ3n) is 4.10. The van der Waals surface area contributed by atoms with E-state index in [9.17, 15) is 0 Å². The van der Waals surface area contributed by atoms with Crippen molar-refractivity contribution in [3.05, 3.63) is 55.0 Å². The number of ether oxygens (including phenoxy) is 1. The van der Waals surface area contributed by atoms with Crippen LogP contribution in [-0.2, 0) is 25.9 Å². The number of aryl methyl sites for hydroxylation is 1. The fourth-order valence-electron chi connectivity index (χ4n) is 2.97. The van der Waals surface area contributed by atoms with Crippen molar-refractivity contribution in [2.75, 3.05) is 11.9 Å². The predicted octanol–water partition coefficient (Wildman–Crippen LogP) is 5.16. The maximum atomic E-state index is 5.69. The summed E-state index contributed by atoms with van der Waals surface area (Å²) in [5.74, 6) is 1.71. The Morgan fingerprint density at radius 3 is 2.46 bits per heavy atom. The Labute approximate surface area is 180 Å². The van der Waals surface area contributed by atoms with E-state index in [1.165, 1.54) is 24.1 Å². The summed E-state index contributed by atoms with van der Waals surface area (Å²) in [5, 5.41) is 3.91. The topological polar surface area (TPSA) is 73.1 Å². The van der Waals surface area contributed by atoms with Gasteiger partial charge in [0.05, 0.1) is 12.1 Å². The standard InChI is InChI=1S/C18H17N4O.2C2H6.Ru/c19-10-20-18-15-9-13(3-5-16(15)21-11-22-18)12-4-6-17-14(8-12)2-1-7-23-17;2*1-2;/h3-6,8-11H,1-2,7,19H2,(H,20,21,22);2*1-2H3;/q-1;;;+1. The maximum absolute atomic E-state index is 5.69. The molecule has 0 atom stereocenters. The zero-order valence-electron chi connectivity index (χ0n) is 17.0. The van der Waals surface area contributed by atoms with Gasteiger partial charge in [-0.3, -0.25) is 0 Å². The van der Waals surface area contributed by atoms with Gasteiger partial charge in [-0.1, -0.05) is 39.8 Å². The van der Waals surface area contributed by atoms with Crippen molar-refractivity contribution in [2.24, 2.45) is 5.73 Å². The fourth-order valence-corrected chi connectivity index (χ4v) is 2.97. The van der Waals surface area contributed by atoms with E-state index in [2.05, 4.69) is 45.6 Å². The minimum absolute atomic E-state index is 0. The second-order valence-corrected chi connectivity index (χ2v) is 5.54. The van der Waals surface area contributed by atoms with Crippen LogP contribution in [0.15, 0.2) is 42.7 Å². The first-order valence-electron chi connectivity index (χ1n) is 9.66. The van der Waals surface area contributed by atoms with Crippen LogP contribution in [0.2, 0.25) is 0 Å². The molecule has 2 heterocycles. The van der Waals surface area contributed by atoms with Gasteiger partial charge in [0.2, 0.25) is 0 Å². The second kappa shape index (κ2) is 12.4. The quantitative estimate of drug-likeness (QED) is 0.412. The minimum atomic E-state index is 0. The van der Waals surface area contributed by atoms with Crippen molar-refractivity contribution in [3.8, 4) is 16.9 Å². The number of benzene rings is 2.